The molecule has 1 aliphatic rings. The molecular formula is C16H17F6N3. The molecule has 0 radical (unpaired) electrons. The van der Waals surface area contributed by atoms with Crippen molar-refractivity contribution < 1.29 is 26.3 Å². The van der Waals surface area contributed by atoms with Crippen LogP contribution in [-0.2, 0) is 17.9 Å². The Labute approximate surface area is 139 Å². The highest BCUT2D eigenvalue weighted by Crippen LogP contribution is 2.41. The molecule has 0 aliphatic heterocycles. The number of aromatic nitrogens is 2. The average Bonchev–Trinajstić information content (AvgIpc) is 2.97. The van der Waals surface area contributed by atoms with Crippen molar-refractivity contribution in [1.29, 1.82) is 0 Å². The molecule has 1 aliphatic carbocycles. The number of H-pyrrole nitrogens is 1. The van der Waals surface area contributed by atoms with Crippen LogP contribution in [0.2, 0.25) is 0 Å². The number of rotatable bonds is 2. The second-order valence-corrected chi connectivity index (χ2v) is 6.39. The molecule has 1 fully saturated rings. The van der Waals surface area contributed by atoms with E-state index in [9.17, 15) is 26.3 Å². The van der Waals surface area contributed by atoms with Crippen LogP contribution < -0.4 is 5.32 Å². The number of aromatic amines is 1. The minimum atomic E-state index is -4.93. The van der Waals surface area contributed by atoms with Crippen LogP contribution in [0, 0.1) is 0 Å². The largest absolute Gasteiger partial charge is 0.418 e. The van der Waals surface area contributed by atoms with E-state index in [1.54, 1.807) is 7.05 Å². The number of hydrogen-bond acceptors (Lipinski definition) is 2. The average molecular weight is 365 g/mol. The second kappa shape index (κ2) is 5.89. The summed E-state index contributed by atoms with van der Waals surface area (Å²) >= 11 is 0. The van der Waals surface area contributed by atoms with E-state index in [4.69, 9.17) is 0 Å². The molecule has 138 valence electrons. The van der Waals surface area contributed by atoms with Gasteiger partial charge in [0, 0.05) is 0 Å². The lowest BCUT2D eigenvalue weighted by atomic mass is 9.81. The van der Waals surface area contributed by atoms with Crippen LogP contribution >= 0.6 is 0 Å². The molecule has 1 saturated carbocycles. The molecule has 2 aromatic rings. The Kier molecular flexibility index (Phi) is 4.25. The number of nitrogens with one attached hydrogen (secondary N) is 2. The van der Waals surface area contributed by atoms with Crippen LogP contribution in [0.4, 0.5) is 26.3 Å². The zero-order valence-electron chi connectivity index (χ0n) is 13.4. The summed E-state index contributed by atoms with van der Waals surface area (Å²) in [6.45, 7) is 0. The summed E-state index contributed by atoms with van der Waals surface area (Å²) in [6, 6.07) is 0.813. The lowest BCUT2D eigenvalue weighted by Crippen LogP contribution is -2.42. The monoisotopic (exact) mass is 365 g/mol. The highest BCUT2D eigenvalue weighted by molar-refractivity contribution is 5.81. The molecular weight excluding hydrogens is 348 g/mol. The molecule has 0 unspecified atom stereocenters. The maximum absolute atomic E-state index is 13.3. The minimum absolute atomic E-state index is 0.125. The van der Waals surface area contributed by atoms with Gasteiger partial charge < -0.3 is 10.3 Å². The summed E-state index contributed by atoms with van der Waals surface area (Å²) in [5.74, 6) is 0.259. The third-order valence-electron chi connectivity index (χ3n) is 4.86. The van der Waals surface area contributed by atoms with E-state index >= 15 is 0 Å². The Morgan fingerprint density at radius 2 is 1.64 bits per heavy atom. The first-order valence-electron chi connectivity index (χ1n) is 7.94. The van der Waals surface area contributed by atoms with Gasteiger partial charge in [-0.2, -0.15) is 26.3 Å². The number of alkyl halides is 6. The smallest absolute Gasteiger partial charge is 0.340 e. The first-order chi connectivity index (χ1) is 11.6. The van der Waals surface area contributed by atoms with Gasteiger partial charge in [-0.25, -0.2) is 4.98 Å². The number of hydrogen-bond donors (Lipinski definition) is 2. The van der Waals surface area contributed by atoms with Crippen LogP contribution in [0.15, 0.2) is 12.1 Å². The molecule has 3 nitrogen and oxygen atoms in total. The predicted molar refractivity (Wildman–Crippen MR) is 79.9 cm³/mol. The first-order valence-corrected chi connectivity index (χ1v) is 7.94. The van der Waals surface area contributed by atoms with Gasteiger partial charge in [0.1, 0.15) is 11.3 Å². The quantitative estimate of drug-likeness (QED) is 0.737. The van der Waals surface area contributed by atoms with Crippen molar-refractivity contribution in [3.8, 4) is 0 Å². The molecule has 0 atom stereocenters. The Morgan fingerprint density at radius 1 is 1.00 bits per heavy atom. The summed E-state index contributed by atoms with van der Waals surface area (Å²) < 4.78 is 78.8. The molecule has 0 saturated heterocycles. The van der Waals surface area contributed by atoms with Crippen LogP contribution in [0.3, 0.4) is 0 Å². The van der Waals surface area contributed by atoms with Gasteiger partial charge in [0.15, 0.2) is 0 Å². The lowest BCUT2D eigenvalue weighted by molar-refractivity contribution is -0.142. The predicted octanol–water partition coefficient (Wildman–Crippen LogP) is 4.98. The number of halogens is 6. The highest BCUT2D eigenvalue weighted by Gasteiger charge is 2.41. The molecule has 1 aromatic heterocycles. The van der Waals surface area contributed by atoms with E-state index in [2.05, 4.69) is 15.3 Å². The maximum Gasteiger partial charge on any atom is 0.418 e. The fraction of sp³-hybridized carbons (Fsp3) is 0.562. The SMILES string of the molecule is CNC1(c2nc3c(C(F)(F)F)cc(C(F)(F)F)cc3[nH]2)CCCCC1. The molecule has 1 heterocycles. The standard InChI is InChI=1S/C16H17F6N3/c1-23-14(5-3-2-4-6-14)13-24-11-8-9(15(17,18)19)7-10(12(11)25-13)16(20,21)22/h7-8,23H,2-6H2,1H3,(H,24,25). The van der Waals surface area contributed by atoms with E-state index in [0.717, 1.165) is 19.3 Å². The summed E-state index contributed by atoms with van der Waals surface area (Å²) in [5, 5.41) is 3.10. The van der Waals surface area contributed by atoms with Gasteiger partial charge in [-0.05, 0) is 32.0 Å². The molecule has 3 rings (SSSR count). The van der Waals surface area contributed by atoms with Crippen molar-refractivity contribution in [2.45, 2.75) is 50.0 Å². The van der Waals surface area contributed by atoms with Crippen molar-refractivity contribution in [3.05, 3.63) is 29.1 Å². The summed E-state index contributed by atoms with van der Waals surface area (Å²) in [4.78, 5) is 6.77. The van der Waals surface area contributed by atoms with Gasteiger partial charge in [-0.15, -0.1) is 0 Å². The van der Waals surface area contributed by atoms with Crippen molar-refractivity contribution in [2.24, 2.45) is 0 Å². The summed E-state index contributed by atoms with van der Waals surface area (Å²) in [6.07, 6.45) is -5.71. The van der Waals surface area contributed by atoms with Gasteiger partial charge in [-0.1, -0.05) is 19.3 Å². The van der Waals surface area contributed by atoms with Gasteiger partial charge in [0.05, 0.1) is 22.2 Å². The second-order valence-electron chi connectivity index (χ2n) is 6.39. The van der Waals surface area contributed by atoms with E-state index < -0.39 is 34.5 Å². The topological polar surface area (TPSA) is 40.7 Å². The molecule has 9 heteroatoms. The Bertz CT molecular complexity index is 768. The minimum Gasteiger partial charge on any atom is -0.340 e. The molecule has 1 aromatic carbocycles. The highest BCUT2D eigenvalue weighted by atomic mass is 19.4. The number of benzene rings is 1. The zero-order chi connectivity index (χ0) is 18.5. The van der Waals surface area contributed by atoms with Crippen LogP contribution in [0.25, 0.3) is 11.0 Å². The van der Waals surface area contributed by atoms with Crippen molar-refractivity contribution >= 4 is 11.0 Å². The maximum atomic E-state index is 13.3. The van der Waals surface area contributed by atoms with Crippen molar-refractivity contribution in [1.82, 2.24) is 15.3 Å². The summed E-state index contributed by atoms with van der Waals surface area (Å²) in [7, 11) is 1.68. The van der Waals surface area contributed by atoms with E-state index in [-0.39, 0.29) is 17.4 Å². The number of imidazole rings is 1. The third kappa shape index (κ3) is 3.21. The molecule has 2 N–H and O–H groups in total. The van der Waals surface area contributed by atoms with Gasteiger partial charge in [0.2, 0.25) is 0 Å². The fourth-order valence-corrected chi connectivity index (χ4v) is 3.48. The van der Waals surface area contributed by atoms with E-state index in [1.165, 1.54) is 0 Å². The Balaban J connectivity index is 2.22. The van der Waals surface area contributed by atoms with E-state index in [0.29, 0.717) is 18.9 Å². The number of fused-ring (bicyclic) bond motifs is 1. The van der Waals surface area contributed by atoms with Crippen LogP contribution in [0.5, 0.6) is 0 Å². The van der Waals surface area contributed by atoms with Crippen LogP contribution in [0.1, 0.15) is 49.1 Å². The molecule has 25 heavy (non-hydrogen) atoms. The number of nitrogens with zero attached hydrogens (tertiary/aromatic N) is 1. The zero-order valence-corrected chi connectivity index (χ0v) is 13.4. The Morgan fingerprint density at radius 3 is 2.16 bits per heavy atom. The Hall–Kier alpha value is -1.77. The first kappa shape index (κ1) is 18.0. The summed E-state index contributed by atoms with van der Waals surface area (Å²) in [5.41, 5.74) is -4.09. The normalized spacial score (nSPS) is 18.7. The van der Waals surface area contributed by atoms with Gasteiger partial charge >= 0.3 is 12.4 Å². The van der Waals surface area contributed by atoms with Gasteiger partial charge in [-0.3, -0.25) is 0 Å². The van der Waals surface area contributed by atoms with E-state index in [1.807, 2.05) is 0 Å². The molecule has 0 spiro atoms. The van der Waals surface area contributed by atoms with Crippen molar-refractivity contribution in [2.75, 3.05) is 7.05 Å². The van der Waals surface area contributed by atoms with Crippen molar-refractivity contribution in [3.63, 3.8) is 0 Å². The lowest BCUT2D eigenvalue weighted by Gasteiger charge is -2.35. The third-order valence-corrected chi connectivity index (χ3v) is 4.86. The molecule has 0 bridgehead atoms. The van der Waals surface area contributed by atoms with Gasteiger partial charge in [0.25, 0.3) is 0 Å². The van der Waals surface area contributed by atoms with Crippen LogP contribution in [-0.4, -0.2) is 17.0 Å². The molecule has 0 amide bonds. The fourth-order valence-electron chi connectivity index (χ4n) is 3.48.